The van der Waals surface area contributed by atoms with Gasteiger partial charge in [0.1, 0.15) is 0 Å². The summed E-state index contributed by atoms with van der Waals surface area (Å²) in [5, 5.41) is 0. The quantitative estimate of drug-likeness (QED) is 0.619. The van der Waals surface area contributed by atoms with Crippen molar-refractivity contribution >= 4 is 0 Å². The van der Waals surface area contributed by atoms with Crippen LogP contribution in [0.15, 0.2) is 0 Å². The van der Waals surface area contributed by atoms with Gasteiger partial charge in [-0.15, -0.1) is 0 Å². The standard InChI is InChI=1S/C10H24N2O/c1-4-12(8-9-13-3)7-5-6-10(2)11/h10H,4-9,11H2,1-3H3. The molecule has 0 spiro atoms. The van der Waals surface area contributed by atoms with E-state index in [4.69, 9.17) is 10.5 Å². The van der Waals surface area contributed by atoms with Crippen molar-refractivity contribution in [1.82, 2.24) is 4.90 Å². The Morgan fingerprint density at radius 1 is 1.38 bits per heavy atom. The van der Waals surface area contributed by atoms with Crippen LogP contribution in [0.25, 0.3) is 0 Å². The van der Waals surface area contributed by atoms with Crippen molar-refractivity contribution in [2.45, 2.75) is 32.7 Å². The summed E-state index contributed by atoms with van der Waals surface area (Å²) in [5.41, 5.74) is 5.68. The highest BCUT2D eigenvalue weighted by molar-refractivity contribution is 4.58. The summed E-state index contributed by atoms with van der Waals surface area (Å²) >= 11 is 0. The molecule has 80 valence electrons. The van der Waals surface area contributed by atoms with Crippen LogP contribution in [0.2, 0.25) is 0 Å². The smallest absolute Gasteiger partial charge is 0.0589 e. The number of hydrogen-bond donors (Lipinski definition) is 1. The van der Waals surface area contributed by atoms with Crippen LogP contribution in [0.5, 0.6) is 0 Å². The zero-order chi connectivity index (χ0) is 10.1. The van der Waals surface area contributed by atoms with E-state index in [0.717, 1.165) is 32.7 Å². The number of methoxy groups -OCH3 is 1. The fourth-order valence-corrected chi connectivity index (χ4v) is 1.29. The molecule has 0 aromatic heterocycles. The largest absolute Gasteiger partial charge is 0.383 e. The second-order valence-electron chi connectivity index (χ2n) is 3.55. The molecule has 0 aliphatic heterocycles. The van der Waals surface area contributed by atoms with Crippen molar-refractivity contribution in [3.05, 3.63) is 0 Å². The van der Waals surface area contributed by atoms with Gasteiger partial charge in [-0.05, 0) is 32.9 Å². The van der Waals surface area contributed by atoms with Crippen molar-refractivity contribution in [2.75, 3.05) is 33.4 Å². The average Bonchev–Trinajstić information content (AvgIpc) is 2.10. The van der Waals surface area contributed by atoms with Gasteiger partial charge >= 0.3 is 0 Å². The van der Waals surface area contributed by atoms with Crippen LogP contribution in [0.4, 0.5) is 0 Å². The molecular weight excluding hydrogens is 164 g/mol. The molecule has 13 heavy (non-hydrogen) atoms. The van der Waals surface area contributed by atoms with E-state index in [1.165, 1.54) is 6.42 Å². The molecule has 0 aliphatic rings. The Morgan fingerprint density at radius 3 is 2.54 bits per heavy atom. The Morgan fingerprint density at radius 2 is 2.08 bits per heavy atom. The first kappa shape index (κ1) is 12.9. The molecule has 0 amide bonds. The molecule has 1 unspecified atom stereocenters. The molecule has 0 bridgehead atoms. The number of nitrogens with zero attached hydrogens (tertiary/aromatic N) is 1. The van der Waals surface area contributed by atoms with Crippen LogP contribution in [0.1, 0.15) is 26.7 Å². The zero-order valence-corrected chi connectivity index (χ0v) is 9.25. The van der Waals surface area contributed by atoms with Crippen molar-refractivity contribution in [1.29, 1.82) is 0 Å². The minimum Gasteiger partial charge on any atom is -0.383 e. The van der Waals surface area contributed by atoms with Crippen LogP contribution in [0, 0.1) is 0 Å². The average molecular weight is 188 g/mol. The van der Waals surface area contributed by atoms with Crippen LogP contribution < -0.4 is 5.73 Å². The monoisotopic (exact) mass is 188 g/mol. The predicted molar refractivity (Wildman–Crippen MR) is 56.9 cm³/mol. The molecule has 0 saturated heterocycles. The van der Waals surface area contributed by atoms with Gasteiger partial charge in [-0.2, -0.15) is 0 Å². The molecule has 3 heteroatoms. The molecule has 3 nitrogen and oxygen atoms in total. The zero-order valence-electron chi connectivity index (χ0n) is 9.25. The third-order valence-electron chi connectivity index (χ3n) is 2.19. The Labute approximate surface area is 82.2 Å². The molecule has 2 N–H and O–H groups in total. The molecule has 0 aromatic carbocycles. The summed E-state index contributed by atoms with van der Waals surface area (Å²) in [4.78, 5) is 2.39. The van der Waals surface area contributed by atoms with Crippen molar-refractivity contribution < 1.29 is 4.74 Å². The summed E-state index contributed by atoms with van der Waals surface area (Å²) in [7, 11) is 1.75. The summed E-state index contributed by atoms with van der Waals surface area (Å²) in [6.07, 6.45) is 2.30. The lowest BCUT2D eigenvalue weighted by Crippen LogP contribution is -2.29. The Hall–Kier alpha value is -0.120. The van der Waals surface area contributed by atoms with Crippen molar-refractivity contribution in [3.8, 4) is 0 Å². The summed E-state index contributed by atoms with van der Waals surface area (Å²) < 4.78 is 5.04. The molecule has 0 aliphatic carbocycles. The highest BCUT2D eigenvalue weighted by Crippen LogP contribution is 1.97. The highest BCUT2D eigenvalue weighted by atomic mass is 16.5. The second kappa shape index (κ2) is 8.48. The van der Waals surface area contributed by atoms with Gasteiger partial charge in [0.2, 0.25) is 0 Å². The molecule has 0 radical (unpaired) electrons. The van der Waals surface area contributed by atoms with E-state index in [2.05, 4.69) is 18.7 Å². The fourth-order valence-electron chi connectivity index (χ4n) is 1.29. The van der Waals surface area contributed by atoms with Crippen molar-refractivity contribution in [3.63, 3.8) is 0 Å². The lowest BCUT2D eigenvalue weighted by atomic mass is 10.2. The SMILES string of the molecule is CCN(CCCC(C)N)CCOC. The fraction of sp³-hybridized carbons (Fsp3) is 1.00. The maximum atomic E-state index is 5.68. The molecule has 1 atom stereocenters. The number of rotatable bonds is 8. The van der Waals surface area contributed by atoms with E-state index in [0.29, 0.717) is 6.04 Å². The van der Waals surface area contributed by atoms with Crippen LogP contribution in [-0.2, 0) is 4.74 Å². The number of likely N-dealkylation sites (N-methyl/N-ethyl adjacent to an activating group) is 1. The van der Waals surface area contributed by atoms with Gasteiger partial charge < -0.3 is 15.4 Å². The molecule has 0 rings (SSSR count). The van der Waals surface area contributed by atoms with Gasteiger partial charge in [0.15, 0.2) is 0 Å². The summed E-state index contributed by atoms with van der Waals surface area (Å²) in [5.74, 6) is 0. The summed E-state index contributed by atoms with van der Waals surface area (Å²) in [6.45, 7) is 8.34. The molecule has 0 fully saturated rings. The Kier molecular flexibility index (Phi) is 8.40. The highest BCUT2D eigenvalue weighted by Gasteiger charge is 2.01. The normalized spacial score (nSPS) is 13.6. The third kappa shape index (κ3) is 8.22. The first-order chi connectivity index (χ1) is 6.20. The Bertz CT molecular complexity index is 107. The Balaban J connectivity index is 3.36. The van der Waals surface area contributed by atoms with Gasteiger partial charge in [-0.1, -0.05) is 6.92 Å². The van der Waals surface area contributed by atoms with Crippen molar-refractivity contribution in [2.24, 2.45) is 5.73 Å². The van der Waals surface area contributed by atoms with Crippen LogP contribution in [0.3, 0.4) is 0 Å². The van der Waals surface area contributed by atoms with Gasteiger partial charge in [0, 0.05) is 19.7 Å². The van der Waals surface area contributed by atoms with E-state index >= 15 is 0 Å². The molecule has 0 heterocycles. The number of hydrogen-bond acceptors (Lipinski definition) is 3. The lowest BCUT2D eigenvalue weighted by molar-refractivity contribution is 0.149. The molecule has 0 saturated carbocycles. The van der Waals surface area contributed by atoms with Gasteiger partial charge in [-0.3, -0.25) is 0 Å². The van der Waals surface area contributed by atoms with Crippen LogP contribution in [-0.4, -0.2) is 44.3 Å². The number of nitrogens with two attached hydrogens (primary N) is 1. The van der Waals surface area contributed by atoms with Gasteiger partial charge in [0.25, 0.3) is 0 Å². The first-order valence-electron chi connectivity index (χ1n) is 5.17. The topological polar surface area (TPSA) is 38.5 Å². The minimum atomic E-state index is 0.334. The lowest BCUT2D eigenvalue weighted by Gasteiger charge is -2.20. The second-order valence-corrected chi connectivity index (χ2v) is 3.55. The van der Waals surface area contributed by atoms with Crippen LogP contribution >= 0.6 is 0 Å². The van der Waals surface area contributed by atoms with E-state index in [1.54, 1.807) is 7.11 Å². The van der Waals surface area contributed by atoms with E-state index in [1.807, 2.05) is 0 Å². The van der Waals surface area contributed by atoms with Gasteiger partial charge in [-0.25, -0.2) is 0 Å². The first-order valence-corrected chi connectivity index (χ1v) is 5.17. The van der Waals surface area contributed by atoms with E-state index in [9.17, 15) is 0 Å². The van der Waals surface area contributed by atoms with Gasteiger partial charge in [0.05, 0.1) is 6.61 Å². The predicted octanol–water partition coefficient (Wildman–Crippen LogP) is 1.08. The summed E-state index contributed by atoms with van der Waals surface area (Å²) in [6, 6.07) is 0.334. The minimum absolute atomic E-state index is 0.334. The molecule has 0 aromatic rings. The van der Waals surface area contributed by atoms with E-state index < -0.39 is 0 Å². The maximum absolute atomic E-state index is 5.68. The third-order valence-corrected chi connectivity index (χ3v) is 2.19. The maximum Gasteiger partial charge on any atom is 0.0589 e. The number of ether oxygens (including phenoxy) is 1. The van der Waals surface area contributed by atoms with E-state index in [-0.39, 0.29) is 0 Å². The molecular formula is C10H24N2O.